The molecule has 0 spiro atoms. The Morgan fingerprint density at radius 2 is 1.84 bits per heavy atom. The van der Waals surface area contributed by atoms with Gasteiger partial charge in [-0.25, -0.2) is 0 Å². The van der Waals surface area contributed by atoms with Gasteiger partial charge in [0.1, 0.15) is 6.54 Å². The van der Waals surface area contributed by atoms with Crippen molar-refractivity contribution < 1.29 is 10.0 Å². The molecule has 2 N–H and O–H groups in total. The van der Waals surface area contributed by atoms with Crippen LogP contribution in [-0.2, 0) is 5.60 Å². The number of benzene rings is 1. The summed E-state index contributed by atoms with van der Waals surface area (Å²) in [5.41, 5.74) is -0.130. The summed E-state index contributed by atoms with van der Waals surface area (Å²) >= 11 is 0. The first-order valence-electron chi connectivity index (χ1n) is 7.24. The van der Waals surface area contributed by atoms with Gasteiger partial charge in [0.2, 0.25) is 0 Å². The molecule has 0 saturated carbocycles. The maximum absolute atomic E-state index is 10.9. The maximum Gasteiger partial charge on any atom is 0.153 e. The molecule has 102 valence electrons. The average molecular weight is 258 g/mol. The van der Waals surface area contributed by atoms with Gasteiger partial charge >= 0.3 is 0 Å². The number of nitrogens with one attached hydrogen (secondary N) is 1. The fraction of sp³-hybridized carbons (Fsp3) is 0.529. The van der Waals surface area contributed by atoms with Crippen molar-refractivity contribution in [2.24, 2.45) is 5.92 Å². The molecule has 0 aromatic heterocycles. The Balaban J connectivity index is 2.13. The predicted molar refractivity (Wildman–Crippen MR) is 77.8 cm³/mol. The lowest BCUT2D eigenvalue weighted by atomic mass is 9.84. The van der Waals surface area contributed by atoms with Crippen molar-refractivity contribution in [1.29, 1.82) is 0 Å². The number of likely N-dealkylation sites (tertiary alicyclic amines) is 1. The quantitative estimate of drug-likeness (QED) is 0.783. The Hall–Kier alpha value is -1.30. The molecule has 1 aliphatic heterocycles. The van der Waals surface area contributed by atoms with Crippen molar-refractivity contribution in [3.05, 3.63) is 35.9 Å². The van der Waals surface area contributed by atoms with Crippen LogP contribution in [0.3, 0.4) is 0 Å². The fourth-order valence-corrected chi connectivity index (χ4v) is 2.60. The summed E-state index contributed by atoms with van der Waals surface area (Å²) in [5.74, 6) is 6.41. The Bertz CT molecular complexity index is 451. The van der Waals surface area contributed by atoms with Crippen LogP contribution in [-0.4, -0.2) is 24.7 Å². The van der Waals surface area contributed by atoms with Gasteiger partial charge in [-0.15, -0.1) is 0 Å². The smallest absolute Gasteiger partial charge is 0.153 e. The van der Waals surface area contributed by atoms with Gasteiger partial charge in [-0.1, -0.05) is 50.1 Å². The molecule has 2 rings (SSSR count). The van der Waals surface area contributed by atoms with Crippen molar-refractivity contribution >= 4 is 0 Å². The molecule has 0 bridgehead atoms. The van der Waals surface area contributed by atoms with E-state index in [1.807, 2.05) is 44.2 Å². The first-order valence-corrected chi connectivity index (χ1v) is 7.24. The molecule has 1 aromatic rings. The molecule has 0 radical (unpaired) electrons. The Morgan fingerprint density at radius 1 is 1.21 bits per heavy atom. The second-order valence-electron chi connectivity index (χ2n) is 5.72. The molecule has 2 nitrogen and oxygen atoms in total. The molecule has 1 aliphatic rings. The minimum atomic E-state index is -1.03. The molecule has 0 unspecified atom stereocenters. The topological polar surface area (TPSA) is 24.7 Å². The number of aliphatic hydroxyl groups is 1. The summed E-state index contributed by atoms with van der Waals surface area (Å²) in [6.45, 7) is 7.33. The number of quaternary nitrogens is 1. The third-order valence-corrected chi connectivity index (χ3v) is 3.98. The van der Waals surface area contributed by atoms with Gasteiger partial charge in [-0.05, 0) is 17.4 Å². The highest BCUT2D eigenvalue weighted by Gasteiger charge is 2.30. The first kappa shape index (κ1) is 14.1. The number of hydrogen-bond acceptors (Lipinski definition) is 1. The summed E-state index contributed by atoms with van der Waals surface area (Å²) in [6, 6.07) is 9.78. The predicted octanol–water partition coefficient (Wildman–Crippen LogP) is 1.21. The standard InChI is InChI=1S/C17H23NO/c1-15(2)17(19,16-9-4-3-5-10-16)11-8-14-18-12-6-7-13-18/h3-5,9-10,15,19H,6-7,12-14H2,1-2H3/p+1/t17-/m1/s1. The van der Waals surface area contributed by atoms with Crippen LogP contribution in [0.25, 0.3) is 0 Å². The molecule has 0 aliphatic carbocycles. The molecule has 1 aromatic carbocycles. The van der Waals surface area contributed by atoms with Crippen molar-refractivity contribution in [2.45, 2.75) is 32.3 Å². The molecule has 2 heteroatoms. The lowest BCUT2D eigenvalue weighted by molar-refractivity contribution is -0.879. The molecule has 1 fully saturated rings. The van der Waals surface area contributed by atoms with E-state index in [4.69, 9.17) is 0 Å². The summed E-state index contributed by atoms with van der Waals surface area (Å²) in [4.78, 5) is 1.55. The van der Waals surface area contributed by atoms with E-state index in [9.17, 15) is 5.11 Å². The molecule has 1 heterocycles. The monoisotopic (exact) mass is 258 g/mol. The summed E-state index contributed by atoms with van der Waals surface area (Å²) in [5, 5.41) is 10.9. The SMILES string of the molecule is CC(C)[C@](O)(C#CC[NH+]1CCCC1)c1ccccc1. The Kier molecular flexibility index (Phi) is 4.63. The molecule has 0 amide bonds. The highest BCUT2D eigenvalue weighted by atomic mass is 16.3. The molecule has 1 saturated heterocycles. The van der Waals surface area contributed by atoms with E-state index in [2.05, 4.69) is 11.8 Å². The highest BCUT2D eigenvalue weighted by molar-refractivity contribution is 5.32. The third kappa shape index (κ3) is 3.37. The second-order valence-corrected chi connectivity index (χ2v) is 5.72. The van der Waals surface area contributed by atoms with E-state index in [1.165, 1.54) is 25.9 Å². The molecular weight excluding hydrogens is 234 g/mol. The van der Waals surface area contributed by atoms with E-state index >= 15 is 0 Å². The van der Waals surface area contributed by atoms with Crippen molar-refractivity contribution in [1.82, 2.24) is 0 Å². The summed E-state index contributed by atoms with van der Waals surface area (Å²) in [6.07, 6.45) is 2.62. The third-order valence-electron chi connectivity index (χ3n) is 3.98. The van der Waals surface area contributed by atoms with Gasteiger partial charge in [0.25, 0.3) is 0 Å². The van der Waals surface area contributed by atoms with E-state index in [0.717, 1.165) is 12.1 Å². The van der Waals surface area contributed by atoms with Crippen molar-refractivity contribution in [3.8, 4) is 11.8 Å². The Labute approximate surface area is 116 Å². The van der Waals surface area contributed by atoms with E-state index in [-0.39, 0.29) is 5.92 Å². The van der Waals surface area contributed by atoms with Gasteiger partial charge in [0, 0.05) is 12.8 Å². The minimum Gasteiger partial charge on any atom is -0.373 e. The fourth-order valence-electron chi connectivity index (χ4n) is 2.60. The van der Waals surface area contributed by atoms with Crippen LogP contribution < -0.4 is 4.90 Å². The highest BCUT2D eigenvalue weighted by Crippen LogP contribution is 2.28. The largest absolute Gasteiger partial charge is 0.373 e. The van der Waals surface area contributed by atoms with Gasteiger partial charge in [-0.2, -0.15) is 0 Å². The van der Waals surface area contributed by atoms with Gasteiger partial charge in [0.05, 0.1) is 13.1 Å². The minimum absolute atomic E-state index is 0.0796. The van der Waals surface area contributed by atoms with Crippen molar-refractivity contribution in [2.75, 3.05) is 19.6 Å². The molecular formula is C17H24NO+. The van der Waals surface area contributed by atoms with Crippen LogP contribution in [0.2, 0.25) is 0 Å². The summed E-state index contributed by atoms with van der Waals surface area (Å²) in [7, 11) is 0. The van der Waals surface area contributed by atoms with Crippen LogP contribution >= 0.6 is 0 Å². The van der Waals surface area contributed by atoms with Gasteiger partial charge in [-0.3, -0.25) is 0 Å². The Morgan fingerprint density at radius 3 is 2.42 bits per heavy atom. The van der Waals surface area contributed by atoms with Crippen LogP contribution in [0.15, 0.2) is 30.3 Å². The first-order chi connectivity index (χ1) is 9.13. The zero-order valence-corrected chi connectivity index (χ0v) is 11.9. The zero-order chi connectivity index (χ0) is 13.7. The zero-order valence-electron chi connectivity index (χ0n) is 11.9. The summed E-state index contributed by atoms with van der Waals surface area (Å²) < 4.78 is 0. The van der Waals surface area contributed by atoms with Crippen molar-refractivity contribution in [3.63, 3.8) is 0 Å². The maximum atomic E-state index is 10.9. The molecule has 19 heavy (non-hydrogen) atoms. The second kappa shape index (κ2) is 6.23. The van der Waals surface area contributed by atoms with Crippen LogP contribution in [0.4, 0.5) is 0 Å². The van der Waals surface area contributed by atoms with E-state index in [0.29, 0.717) is 0 Å². The van der Waals surface area contributed by atoms with Crippen LogP contribution in [0, 0.1) is 17.8 Å². The normalized spacial score (nSPS) is 18.9. The molecule has 1 atom stereocenters. The van der Waals surface area contributed by atoms with Gasteiger partial charge < -0.3 is 10.0 Å². The number of hydrogen-bond donors (Lipinski definition) is 2. The average Bonchev–Trinajstić information content (AvgIpc) is 2.92. The number of rotatable bonds is 3. The lowest BCUT2D eigenvalue weighted by Crippen LogP contribution is -3.09. The lowest BCUT2D eigenvalue weighted by Gasteiger charge is -2.27. The van der Waals surface area contributed by atoms with E-state index < -0.39 is 5.60 Å². The van der Waals surface area contributed by atoms with Gasteiger partial charge in [0.15, 0.2) is 5.60 Å². The van der Waals surface area contributed by atoms with Crippen LogP contribution in [0.5, 0.6) is 0 Å². The van der Waals surface area contributed by atoms with E-state index in [1.54, 1.807) is 4.90 Å². The van der Waals surface area contributed by atoms with Crippen LogP contribution in [0.1, 0.15) is 32.3 Å².